The number of likely N-dealkylation sites (tertiary alicyclic amines) is 1. The molecule has 0 N–H and O–H groups in total. The Morgan fingerprint density at radius 1 is 1.19 bits per heavy atom. The molecule has 1 spiro atoms. The number of nitrogens with zero attached hydrogens (tertiary/aromatic N) is 6. The van der Waals surface area contributed by atoms with Gasteiger partial charge in [0.2, 0.25) is 0 Å². The first-order chi connectivity index (χ1) is 12.8. The predicted octanol–water partition coefficient (Wildman–Crippen LogP) is 0.625. The zero-order chi connectivity index (χ0) is 19.3. The third-order valence-electron chi connectivity index (χ3n) is 5.65. The van der Waals surface area contributed by atoms with Crippen LogP contribution in [-0.2, 0) is 13.0 Å². The lowest BCUT2D eigenvalue weighted by Crippen LogP contribution is -2.45. The Hall–Kier alpha value is -2.36. The van der Waals surface area contributed by atoms with Gasteiger partial charge >= 0.3 is 11.1 Å². The summed E-state index contributed by atoms with van der Waals surface area (Å²) in [6.45, 7) is 7.24. The average molecular weight is 390 g/mol. The van der Waals surface area contributed by atoms with Crippen LogP contribution in [0.25, 0.3) is 0 Å². The van der Waals surface area contributed by atoms with Crippen molar-refractivity contribution in [3.05, 3.63) is 37.1 Å². The first kappa shape index (κ1) is 18.0. The number of carbonyl (C=O) groups is 1. The van der Waals surface area contributed by atoms with E-state index in [-0.39, 0.29) is 17.4 Å². The van der Waals surface area contributed by atoms with Gasteiger partial charge in [-0.15, -0.1) is 5.10 Å². The fraction of sp³-hybridized carbons (Fsp3) is 0.647. The van der Waals surface area contributed by atoms with Crippen molar-refractivity contribution in [1.29, 1.82) is 0 Å². The number of amides is 1. The molecule has 0 bridgehead atoms. The Kier molecular flexibility index (Phi) is 4.25. The molecule has 2 aliphatic rings. The molecular formula is C17H22N6O3S. The van der Waals surface area contributed by atoms with Crippen LogP contribution in [0, 0.1) is 12.3 Å². The molecule has 144 valence electrons. The highest BCUT2D eigenvalue weighted by atomic mass is 32.1. The molecule has 1 fully saturated rings. The van der Waals surface area contributed by atoms with Crippen LogP contribution in [0.5, 0.6) is 0 Å². The van der Waals surface area contributed by atoms with E-state index in [2.05, 4.69) is 14.7 Å². The molecule has 0 aliphatic carbocycles. The number of carbonyl (C=O) groups excluding carboxylic acids is 1. The molecule has 2 aromatic rings. The van der Waals surface area contributed by atoms with Crippen molar-refractivity contribution in [2.45, 2.75) is 52.6 Å². The van der Waals surface area contributed by atoms with E-state index in [1.807, 2.05) is 25.7 Å². The molecule has 0 aromatic carbocycles. The number of rotatable bonds is 2. The van der Waals surface area contributed by atoms with Crippen LogP contribution in [-0.4, -0.2) is 47.8 Å². The normalized spacial score (nSPS) is 18.3. The largest absolute Gasteiger partial charge is 0.337 e. The highest BCUT2D eigenvalue weighted by Gasteiger charge is 2.43. The summed E-state index contributed by atoms with van der Waals surface area (Å²) in [6, 6.07) is -0.151. The van der Waals surface area contributed by atoms with Crippen molar-refractivity contribution in [1.82, 2.24) is 28.8 Å². The molecule has 0 unspecified atom stereocenters. The molecular weight excluding hydrogens is 368 g/mol. The highest BCUT2D eigenvalue weighted by molar-refractivity contribution is 7.05. The lowest BCUT2D eigenvalue weighted by atomic mass is 9.77. The van der Waals surface area contributed by atoms with Gasteiger partial charge in [-0.2, -0.15) is 5.10 Å². The summed E-state index contributed by atoms with van der Waals surface area (Å²) in [7, 11) is 0. The van der Waals surface area contributed by atoms with Gasteiger partial charge in [0.1, 0.15) is 5.82 Å². The Morgan fingerprint density at radius 3 is 2.48 bits per heavy atom. The maximum atomic E-state index is 12.6. The number of hydrogen-bond acceptors (Lipinski definition) is 7. The summed E-state index contributed by atoms with van der Waals surface area (Å²) in [6.07, 6.45) is 2.20. The number of hydrogen-bond donors (Lipinski definition) is 0. The maximum Gasteiger partial charge on any atom is 0.332 e. The molecule has 4 heterocycles. The minimum Gasteiger partial charge on any atom is -0.337 e. The zero-order valence-electron chi connectivity index (χ0n) is 15.6. The van der Waals surface area contributed by atoms with Gasteiger partial charge in [-0.3, -0.25) is 19.0 Å². The SMILES string of the molecule is Cc1snnc1C(=O)N1CCC2(CC1)Cc1nn(C(C)C)c(=O)c(=O)n1C2. The van der Waals surface area contributed by atoms with E-state index >= 15 is 0 Å². The van der Waals surface area contributed by atoms with Crippen LogP contribution in [0.3, 0.4) is 0 Å². The lowest BCUT2D eigenvalue weighted by molar-refractivity contribution is 0.0569. The molecule has 10 heteroatoms. The summed E-state index contributed by atoms with van der Waals surface area (Å²) >= 11 is 1.23. The number of aryl methyl sites for hydroxylation is 1. The third kappa shape index (κ3) is 2.91. The van der Waals surface area contributed by atoms with E-state index in [1.165, 1.54) is 20.8 Å². The Labute approximate surface area is 159 Å². The van der Waals surface area contributed by atoms with E-state index < -0.39 is 11.1 Å². The molecule has 27 heavy (non-hydrogen) atoms. The molecule has 1 saturated heterocycles. The Morgan fingerprint density at radius 2 is 1.89 bits per heavy atom. The number of piperidine rings is 1. The van der Waals surface area contributed by atoms with Gasteiger partial charge in [-0.25, -0.2) is 4.68 Å². The van der Waals surface area contributed by atoms with Crippen molar-refractivity contribution in [3.8, 4) is 0 Å². The smallest absolute Gasteiger partial charge is 0.332 e. The summed E-state index contributed by atoms with van der Waals surface area (Å²) in [5.74, 6) is 0.592. The predicted molar refractivity (Wildman–Crippen MR) is 99.1 cm³/mol. The topological polar surface area (TPSA) is 103 Å². The monoisotopic (exact) mass is 390 g/mol. The standard InChI is InChI=1S/C17H22N6O3S/c1-10(2)23-16(26)15(25)22-9-17(8-12(22)19-23)4-6-21(7-5-17)14(24)13-11(3)27-20-18-13/h10H,4-9H2,1-3H3. The van der Waals surface area contributed by atoms with E-state index in [9.17, 15) is 14.4 Å². The molecule has 0 atom stereocenters. The van der Waals surface area contributed by atoms with Gasteiger partial charge in [-0.05, 0) is 50.6 Å². The minimum absolute atomic E-state index is 0.0820. The summed E-state index contributed by atoms with van der Waals surface area (Å²) in [5, 5.41) is 8.38. The van der Waals surface area contributed by atoms with E-state index in [1.54, 1.807) is 0 Å². The van der Waals surface area contributed by atoms with Gasteiger partial charge in [0, 0.05) is 26.1 Å². The van der Waals surface area contributed by atoms with E-state index in [0.29, 0.717) is 37.6 Å². The highest BCUT2D eigenvalue weighted by Crippen LogP contribution is 2.40. The molecule has 4 rings (SSSR count). The molecule has 2 aromatic heterocycles. The van der Waals surface area contributed by atoms with Crippen LogP contribution in [0.15, 0.2) is 9.59 Å². The fourth-order valence-corrected chi connectivity index (χ4v) is 4.48. The van der Waals surface area contributed by atoms with Crippen LogP contribution in [0.1, 0.15) is 53.9 Å². The van der Waals surface area contributed by atoms with Crippen molar-refractivity contribution < 1.29 is 4.79 Å². The van der Waals surface area contributed by atoms with Crippen molar-refractivity contribution in [2.24, 2.45) is 5.41 Å². The Balaban J connectivity index is 1.53. The number of aromatic nitrogens is 5. The molecule has 0 radical (unpaired) electrons. The summed E-state index contributed by atoms with van der Waals surface area (Å²) < 4.78 is 6.66. The lowest BCUT2D eigenvalue weighted by Gasteiger charge is -2.38. The van der Waals surface area contributed by atoms with Crippen molar-refractivity contribution >= 4 is 17.4 Å². The molecule has 1 amide bonds. The first-order valence-corrected chi connectivity index (χ1v) is 9.89. The quantitative estimate of drug-likeness (QED) is 0.697. The van der Waals surface area contributed by atoms with E-state index in [4.69, 9.17) is 0 Å². The second kappa shape index (κ2) is 6.36. The zero-order valence-corrected chi connectivity index (χ0v) is 16.5. The second-order valence-electron chi connectivity index (χ2n) is 7.80. The van der Waals surface area contributed by atoms with Crippen molar-refractivity contribution in [2.75, 3.05) is 13.1 Å². The summed E-state index contributed by atoms with van der Waals surface area (Å²) in [4.78, 5) is 40.0. The van der Waals surface area contributed by atoms with Gasteiger partial charge in [-0.1, -0.05) is 4.49 Å². The number of fused-ring (bicyclic) bond motifs is 1. The average Bonchev–Trinajstić information content (AvgIpc) is 3.22. The van der Waals surface area contributed by atoms with Gasteiger partial charge in [0.05, 0.1) is 10.9 Å². The fourth-order valence-electron chi connectivity index (χ4n) is 4.02. The van der Waals surface area contributed by atoms with Crippen molar-refractivity contribution in [3.63, 3.8) is 0 Å². The van der Waals surface area contributed by atoms with Crippen LogP contribution < -0.4 is 11.1 Å². The minimum atomic E-state index is -0.565. The van der Waals surface area contributed by atoms with E-state index in [0.717, 1.165) is 17.7 Å². The Bertz CT molecular complexity index is 1010. The third-order valence-corrected chi connectivity index (χ3v) is 6.28. The van der Waals surface area contributed by atoms with Crippen LogP contribution in [0.4, 0.5) is 0 Å². The molecule has 0 saturated carbocycles. The maximum absolute atomic E-state index is 12.6. The van der Waals surface area contributed by atoms with Crippen LogP contribution in [0.2, 0.25) is 0 Å². The molecule has 2 aliphatic heterocycles. The summed E-state index contributed by atoms with van der Waals surface area (Å²) in [5.41, 5.74) is -0.746. The second-order valence-corrected chi connectivity index (χ2v) is 8.76. The first-order valence-electron chi connectivity index (χ1n) is 9.12. The van der Waals surface area contributed by atoms with Gasteiger partial charge in [0.15, 0.2) is 5.69 Å². The van der Waals surface area contributed by atoms with Crippen LogP contribution >= 0.6 is 11.5 Å². The van der Waals surface area contributed by atoms with Gasteiger partial charge in [0.25, 0.3) is 5.91 Å². The molecule has 9 nitrogen and oxygen atoms in total. The van der Waals surface area contributed by atoms with Gasteiger partial charge < -0.3 is 4.90 Å².